The lowest BCUT2D eigenvalue weighted by Crippen LogP contribution is -2.30. The third-order valence-electron chi connectivity index (χ3n) is 3.68. The number of anilines is 1. The predicted molar refractivity (Wildman–Crippen MR) is 90.0 cm³/mol. The van der Waals surface area contributed by atoms with Gasteiger partial charge in [0.15, 0.2) is 23.3 Å². The van der Waals surface area contributed by atoms with Crippen molar-refractivity contribution >= 4 is 11.6 Å². The van der Waals surface area contributed by atoms with Crippen LogP contribution in [0.3, 0.4) is 0 Å². The Morgan fingerprint density at radius 3 is 2.48 bits per heavy atom. The van der Waals surface area contributed by atoms with Crippen molar-refractivity contribution in [1.82, 2.24) is 19.6 Å². The number of rotatable bonds is 4. The highest BCUT2D eigenvalue weighted by Gasteiger charge is 2.16. The Morgan fingerprint density at radius 2 is 1.81 bits per heavy atom. The van der Waals surface area contributed by atoms with Crippen LogP contribution in [0.1, 0.15) is 11.4 Å². The van der Waals surface area contributed by atoms with Gasteiger partial charge in [0.1, 0.15) is 6.54 Å². The Balaban J connectivity index is 1.84. The molecule has 0 aliphatic rings. The van der Waals surface area contributed by atoms with E-state index in [9.17, 15) is 22.8 Å². The minimum absolute atomic E-state index is 0.312. The summed E-state index contributed by atoms with van der Waals surface area (Å²) < 4.78 is 42.2. The third-order valence-corrected chi connectivity index (χ3v) is 3.68. The van der Waals surface area contributed by atoms with E-state index >= 15 is 0 Å². The molecule has 0 aliphatic carbocycles. The fourth-order valence-electron chi connectivity index (χ4n) is 2.47. The minimum atomic E-state index is -1.70. The van der Waals surface area contributed by atoms with Gasteiger partial charge in [0, 0.05) is 11.8 Å². The molecular formula is C17H14F3N5O2. The first-order chi connectivity index (χ1) is 12.8. The second kappa shape index (κ2) is 7.06. The Kier molecular flexibility index (Phi) is 4.80. The molecule has 27 heavy (non-hydrogen) atoms. The summed E-state index contributed by atoms with van der Waals surface area (Å²) in [5.41, 5.74) is 0.417. The molecule has 2 heterocycles. The quantitative estimate of drug-likeness (QED) is 0.706. The number of carbonyl (C=O) groups excluding carboxylic acids is 1. The van der Waals surface area contributed by atoms with Crippen LogP contribution >= 0.6 is 0 Å². The first kappa shape index (κ1) is 18.4. The number of hydrogen-bond acceptors (Lipinski definition) is 4. The van der Waals surface area contributed by atoms with Gasteiger partial charge in [-0.05, 0) is 38.1 Å². The van der Waals surface area contributed by atoms with Crippen molar-refractivity contribution in [2.45, 2.75) is 20.4 Å². The molecule has 1 aromatic carbocycles. The molecule has 0 aliphatic heterocycles. The molecule has 7 nitrogen and oxygen atoms in total. The predicted octanol–water partition coefficient (Wildman–Crippen LogP) is 2.10. The van der Waals surface area contributed by atoms with Crippen LogP contribution in [0.5, 0.6) is 0 Å². The van der Waals surface area contributed by atoms with Crippen molar-refractivity contribution in [1.29, 1.82) is 0 Å². The Bertz CT molecular complexity index is 1090. The Hall–Kier alpha value is -3.43. The summed E-state index contributed by atoms with van der Waals surface area (Å²) in [6.07, 6.45) is 0. The monoisotopic (exact) mass is 377 g/mol. The van der Waals surface area contributed by atoms with Gasteiger partial charge in [-0.1, -0.05) is 0 Å². The lowest BCUT2D eigenvalue weighted by molar-refractivity contribution is -0.117. The van der Waals surface area contributed by atoms with Crippen LogP contribution in [-0.2, 0) is 11.3 Å². The molecule has 1 amide bonds. The van der Waals surface area contributed by atoms with E-state index in [-0.39, 0.29) is 0 Å². The summed E-state index contributed by atoms with van der Waals surface area (Å²) in [4.78, 5) is 24.0. The van der Waals surface area contributed by atoms with Crippen molar-refractivity contribution in [3.8, 4) is 5.82 Å². The van der Waals surface area contributed by atoms with E-state index in [2.05, 4.69) is 15.5 Å². The molecule has 0 atom stereocenters. The van der Waals surface area contributed by atoms with E-state index in [0.717, 1.165) is 22.1 Å². The SMILES string of the molecule is Cc1cc(C)n(-c2ccc(=O)n(CC(=O)Nc3ccc(F)c(F)c3F)n2)n1. The summed E-state index contributed by atoms with van der Waals surface area (Å²) in [5.74, 6) is -5.12. The number of hydrogen-bond donors (Lipinski definition) is 1. The van der Waals surface area contributed by atoms with Crippen molar-refractivity contribution in [2.24, 2.45) is 0 Å². The number of aryl methyl sites for hydroxylation is 2. The maximum absolute atomic E-state index is 13.6. The molecule has 2 aromatic heterocycles. The average molecular weight is 377 g/mol. The molecule has 0 saturated carbocycles. The first-order valence-electron chi connectivity index (χ1n) is 7.81. The fourth-order valence-corrected chi connectivity index (χ4v) is 2.47. The van der Waals surface area contributed by atoms with Crippen molar-refractivity contribution in [3.63, 3.8) is 0 Å². The van der Waals surface area contributed by atoms with Crippen LogP contribution in [0.4, 0.5) is 18.9 Å². The minimum Gasteiger partial charge on any atom is -0.322 e. The standard InChI is InChI=1S/C17H14F3N5O2/c1-9-7-10(2)25(22-9)13-5-6-15(27)24(23-13)8-14(26)21-12-4-3-11(18)16(19)17(12)20/h3-7H,8H2,1-2H3,(H,21,26). The van der Waals surface area contributed by atoms with Crippen LogP contribution < -0.4 is 10.9 Å². The zero-order valence-corrected chi connectivity index (χ0v) is 14.3. The third kappa shape index (κ3) is 3.73. The van der Waals surface area contributed by atoms with E-state index in [1.165, 1.54) is 16.8 Å². The second-order valence-corrected chi connectivity index (χ2v) is 5.80. The molecule has 3 rings (SSSR count). The van der Waals surface area contributed by atoms with Crippen LogP contribution in [0.25, 0.3) is 5.82 Å². The first-order valence-corrected chi connectivity index (χ1v) is 7.81. The summed E-state index contributed by atoms with van der Waals surface area (Å²) in [7, 11) is 0. The van der Waals surface area contributed by atoms with Crippen LogP contribution in [-0.4, -0.2) is 25.5 Å². The molecule has 0 unspecified atom stereocenters. The van der Waals surface area contributed by atoms with Gasteiger partial charge in [-0.2, -0.15) is 5.10 Å². The highest BCUT2D eigenvalue weighted by atomic mass is 19.2. The normalized spacial score (nSPS) is 10.9. The largest absolute Gasteiger partial charge is 0.322 e. The van der Waals surface area contributed by atoms with Crippen LogP contribution in [0, 0.1) is 31.3 Å². The molecule has 0 bridgehead atoms. The van der Waals surface area contributed by atoms with Crippen molar-refractivity contribution in [2.75, 3.05) is 5.32 Å². The van der Waals surface area contributed by atoms with Crippen LogP contribution in [0.2, 0.25) is 0 Å². The average Bonchev–Trinajstić information content (AvgIpc) is 2.96. The summed E-state index contributed by atoms with van der Waals surface area (Å²) in [6.45, 7) is 3.05. The Morgan fingerprint density at radius 1 is 1.07 bits per heavy atom. The van der Waals surface area contributed by atoms with E-state index in [4.69, 9.17) is 0 Å². The maximum Gasteiger partial charge on any atom is 0.267 e. The number of halogens is 3. The number of nitrogens with one attached hydrogen (secondary N) is 1. The molecule has 0 fully saturated rings. The van der Waals surface area contributed by atoms with Gasteiger partial charge in [0.2, 0.25) is 5.91 Å². The number of benzene rings is 1. The second-order valence-electron chi connectivity index (χ2n) is 5.80. The molecule has 0 saturated heterocycles. The van der Waals surface area contributed by atoms with Gasteiger partial charge in [0.25, 0.3) is 5.56 Å². The zero-order valence-electron chi connectivity index (χ0n) is 14.3. The number of nitrogens with zero attached hydrogens (tertiary/aromatic N) is 4. The summed E-state index contributed by atoms with van der Waals surface area (Å²) in [5, 5.41) is 10.4. The maximum atomic E-state index is 13.6. The van der Waals surface area contributed by atoms with Gasteiger partial charge >= 0.3 is 0 Å². The lowest BCUT2D eigenvalue weighted by atomic mass is 10.2. The van der Waals surface area contributed by atoms with Gasteiger partial charge in [-0.15, -0.1) is 5.10 Å². The van der Waals surface area contributed by atoms with E-state index in [1.807, 2.05) is 6.07 Å². The number of amides is 1. The van der Waals surface area contributed by atoms with Gasteiger partial charge in [-0.25, -0.2) is 22.5 Å². The number of carbonyl (C=O) groups is 1. The lowest BCUT2D eigenvalue weighted by Gasteiger charge is -2.10. The fraction of sp³-hybridized carbons (Fsp3) is 0.176. The van der Waals surface area contributed by atoms with Crippen molar-refractivity contribution in [3.05, 3.63) is 69.5 Å². The van der Waals surface area contributed by atoms with E-state index in [0.29, 0.717) is 11.9 Å². The molecule has 0 radical (unpaired) electrons. The molecular weight excluding hydrogens is 363 g/mol. The molecule has 3 aromatic rings. The highest BCUT2D eigenvalue weighted by molar-refractivity contribution is 5.90. The highest BCUT2D eigenvalue weighted by Crippen LogP contribution is 2.19. The zero-order chi connectivity index (χ0) is 19.7. The topological polar surface area (TPSA) is 81.8 Å². The smallest absolute Gasteiger partial charge is 0.267 e. The van der Waals surface area contributed by atoms with E-state index < -0.39 is 41.2 Å². The summed E-state index contributed by atoms with van der Waals surface area (Å²) >= 11 is 0. The van der Waals surface area contributed by atoms with Gasteiger partial charge in [-0.3, -0.25) is 9.59 Å². The summed E-state index contributed by atoms with van der Waals surface area (Å²) in [6, 6.07) is 6.04. The van der Waals surface area contributed by atoms with Crippen molar-refractivity contribution < 1.29 is 18.0 Å². The Labute approximate surface area is 151 Å². The van der Waals surface area contributed by atoms with E-state index in [1.54, 1.807) is 13.8 Å². The van der Waals surface area contributed by atoms with Gasteiger partial charge in [0.05, 0.1) is 11.4 Å². The molecule has 0 spiro atoms. The van der Waals surface area contributed by atoms with Gasteiger partial charge < -0.3 is 5.32 Å². The van der Waals surface area contributed by atoms with Crippen LogP contribution in [0.15, 0.2) is 35.1 Å². The molecule has 10 heteroatoms. The molecule has 140 valence electrons. The number of aromatic nitrogens is 4. The molecule has 1 N–H and O–H groups in total.